The fourth-order valence-electron chi connectivity index (χ4n) is 0.409. The molecule has 1 aromatic rings. The van der Waals surface area contributed by atoms with Gasteiger partial charge in [-0.25, -0.2) is 5.10 Å². The molecule has 0 bridgehead atoms. The maximum absolute atomic E-state index is 10.4. The first-order chi connectivity index (χ1) is 4.83. The third kappa shape index (κ3) is 1.32. The molecule has 1 amide bonds. The molecule has 0 aliphatic rings. The van der Waals surface area contributed by atoms with Crippen LogP contribution in [0.3, 0.4) is 0 Å². The zero-order valence-electron chi connectivity index (χ0n) is 4.96. The summed E-state index contributed by atoms with van der Waals surface area (Å²) < 4.78 is 0. The van der Waals surface area contributed by atoms with Crippen LogP contribution < -0.4 is 5.32 Å². The van der Waals surface area contributed by atoms with Crippen LogP contribution in [-0.4, -0.2) is 21.1 Å². The predicted octanol–water partition coefficient (Wildman–Crippen LogP) is -0.624. The van der Waals surface area contributed by atoms with Crippen LogP contribution in [0.1, 0.15) is 0 Å². The molecule has 0 saturated heterocycles. The van der Waals surface area contributed by atoms with Gasteiger partial charge in [-0.05, 0) is 5.92 Å². The van der Waals surface area contributed by atoms with Gasteiger partial charge in [0.1, 0.15) is 6.33 Å². The van der Waals surface area contributed by atoms with Gasteiger partial charge in [0.25, 0.3) is 0 Å². The highest BCUT2D eigenvalue weighted by molar-refractivity contribution is 6.02. The second kappa shape index (κ2) is 2.64. The van der Waals surface area contributed by atoms with Crippen LogP contribution in [0.4, 0.5) is 5.95 Å². The Morgan fingerprint density at radius 3 is 3.20 bits per heavy atom. The molecule has 5 nitrogen and oxygen atoms in total. The molecule has 0 aliphatic heterocycles. The number of rotatable bonds is 1. The topological polar surface area (TPSA) is 70.7 Å². The summed E-state index contributed by atoms with van der Waals surface area (Å²) in [5.41, 5.74) is 0. The number of hydrogen-bond acceptors (Lipinski definition) is 3. The summed E-state index contributed by atoms with van der Waals surface area (Å²) in [6.45, 7) is 0. The van der Waals surface area contributed by atoms with Crippen molar-refractivity contribution in [2.75, 3.05) is 5.32 Å². The molecule has 2 N–H and O–H groups in total. The number of anilines is 1. The van der Waals surface area contributed by atoms with Crippen LogP contribution >= 0.6 is 0 Å². The Morgan fingerprint density at radius 2 is 2.70 bits per heavy atom. The standard InChI is InChI=1S/C5H4N4O/c1-2-4(10)8-5-6-3-7-9-5/h1,3H,(H2,6,7,8,9,10). The molecule has 0 saturated carbocycles. The molecule has 1 aromatic heterocycles. The number of aromatic amines is 1. The van der Waals surface area contributed by atoms with Crippen LogP contribution in [0.25, 0.3) is 0 Å². The third-order valence-electron chi connectivity index (χ3n) is 0.778. The molecule has 50 valence electrons. The van der Waals surface area contributed by atoms with Gasteiger partial charge in [-0.1, -0.05) is 0 Å². The van der Waals surface area contributed by atoms with Crippen molar-refractivity contribution >= 4 is 11.9 Å². The zero-order chi connectivity index (χ0) is 7.40. The lowest BCUT2D eigenvalue weighted by Crippen LogP contribution is -2.09. The number of nitrogens with one attached hydrogen (secondary N) is 2. The SMILES string of the molecule is C#CC(=O)Nc1ncn[nH]1. The summed E-state index contributed by atoms with van der Waals surface area (Å²) in [4.78, 5) is 14.1. The quantitative estimate of drug-likeness (QED) is 0.505. The van der Waals surface area contributed by atoms with E-state index in [1.54, 1.807) is 0 Å². The summed E-state index contributed by atoms with van der Waals surface area (Å²) in [5.74, 6) is 1.57. The average molecular weight is 136 g/mol. The van der Waals surface area contributed by atoms with Crippen molar-refractivity contribution in [2.45, 2.75) is 0 Å². The molecule has 0 radical (unpaired) electrons. The number of nitrogens with zero attached hydrogens (tertiary/aromatic N) is 2. The van der Waals surface area contributed by atoms with Crippen LogP contribution in [0.15, 0.2) is 6.33 Å². The van der Waals surface area contributed by atoms with Gasteiger partial charge in [0, 0.05) is 0 Å². The minimum absolute atomic E-state index is 0.253. The lowest BCUT2D eigenvalue weighted by molar-refractivity contribution is -0.111. The van der Waals surface area contributed by atoms with Crippen molar-refractivity contribution in [3.05, 3.63) is 6.33 Å². The lowest BCUT2D eigenvalue weighted by atomic mass is 10.6. The minimum atomic E-state index is -0.545. The van der Waals surface area contributed by atoms with E-state index < -0.39 is 5.91 Å². The molecule has 5 heteroatoms. The first-order valence-corrected chi connectivity index (χ1v) is 2.46. The Hall–Kier alpha value is -1.83. The van der Waals surface area contributed by atoms with Gasteiger partial charge in [-0.2, -0.15) is 10.1 Å². The average Bonchev–Trinajstić information content (AvgIpc) is 2.40. The molecule has 1 heterocycles. The van der Waals surface area contributed by atoms with Crippen molar-refractivity contribution in [3.8, 4) is 12.3 Å². The van der Waals surface area contributed by atoms with E-state index >= 15 is 0 Å². The Balaban J connectivity index is 2.59. The summed E-state index contributed by atoms with van der Waals surface area (Å²) >= 11 is 0. The summed E-state index contributed by atoms with van der Waals surface area (Å²) in [5, 5.41) is 8.17. The maximum Gasteiger partial charge on any atom is 0.302 e. The molecule has 0 unspecified atom stereocenters. The van der Waals surface area contributed by atoms with Gasteiger partial charge in [0.2, 0.25) is 5.95 Å². The molecule has 0 fully saturated rings. The van der Waals surface area contributed by atoms with E-state index in [0.29, 0.717) is 0 Å². The van der Waals surface area contributed by atoms with Gasteiger partial charge in [-0.3, -0.25) is 10.1 Å². The molecule has 10 heavy (non-hydrogen) atoms. The van der Waals surface area contributed by atoms with Gasteiger partial charge in [-0.15, -0.1) is 6.42 Å². The number of H-pyrrole nitrogens is 1. The van der Waals surface area contributed by atoms with Gasteiger partial charge in [0.05, 0.1) is 0 Å². The number of carbonyl (C=O) groups is 1. The smallest absolute Gasteiger partial charge is 0.284 e. The highest BCUT2D eigenvalue weighted by atomic mass is 16.1. The maximum atomic E-state index is 10.4. The monoisotopic (exact) mass is 136 g/mol. The lowest BCUT2D eigenvalue weighted by Gasteiger charge is -1.89. The highest BCUT2D eigenvalue weighted by Gasteiger charge is 1.97. The van der Waals surface area contributed by atoms with Crippen LogP contribution in [0, 0.1) is 12.3 Å². The van der Waals surface area contributed by atoms with Crippen LogP contribution in [0.5, 0.6) is 0 Å². The molecule has 1 rings (SSSR count). The van der Waals surface area contributed by atoms with E-state index in [9.17, 15) is 4.79 Å². The van der Waals surface area contributed by atoms with E-state index in [-0.39, 0.29) is 5.95 Å². The first-order valence-electron chi connectivity index (χ1n) is 2.46. The summed E-state index contributed by atoms with van der Waals surface area (Å²) in [7, 11) is 0. The Morgan fingerprint density at radius 1 is 1.90 bits per heavy atom. The molecule has 0 aromatic carbocycles. The van der Waals surface area contributed by atoms with Gasteiger partial charge >= 0.3 is 5.91 Å². The number of carbonyl (C=O) groups excluding carboxylic acids is 1. The Kier molecular flexibility index (Phi) is 1.66. The third-order valence-corrected chi connectivity index (χ3v) is 0.778. The molecule has 0 atom stereocenters. The highest BCUT2D eigenvalue weighted by Crippen LogP contribution is 1.89. The second-order valence-electron chi connectivity index (χ2n) is 1.43. The van der Waals surface area contributed by atoms with Crippen molar-refractivity contribution in [2.24, 2.45) is 0 Å². The van der Waals surface area contributed by atoms with Crippen molar-refractivity contribution < 1.29 is 4.79 Å². The van der Waals surface area contributed by atoms with E-state index in [2.05, 4.69) is 20.5 Å². The molecular weight excluding hydrogens is 132 g/mol. The molecular formula is C5H4N4O. The zero-order valence-corrected chi connectivity index (χ0v) is 4.96. The van der Waals surface area contributed by atoms with Crippen molar-refractivity contribution in [1.29, 1.82) is 0 Å². The molecule has 0 spiro atoms. The fraction of sp³-hybridized carbons (Fsp3) is 0. The first kappa shape index (κ1) is 6.29. The van der Waals surface area contributed by atoms with E-state index in [4.69, 9.17) is 6.42 Å². The summed E-state index contributed by atoms with van der Waals surface area (Å²) in [6, 6.07) is 0. The van der Waals surface area contributed by atoms with Gasteiger partial charge < -0.3 is 0 Å². The normalized spacial score (nSPS) is 8.30. The van der Waals surface area contributed by atoms with E-state index in [1.807, 2.05) is 5.92 Å². The fourth-order valence-corrected chi connectivity index (χ4v) is 0.409. The van der Waals surface area contributed by atoms with Crippen molar-refractivity contribution in [3.63, 3.8) is 0 Å². The van der Waals surface area contributed by atoms with Gasteiger partial charge in [0.15, 0.2) is 0 Å². The van der Waals surface area contributed by atoms with Crippen molar-refractivity contribution in [1.82, 2.24) is 15.2 Å². The minimum Gasteiger partial charge on any atom is -0.284 e. The Bertz CT molecular complexity index is 258. The number of hydrogen-bond donors (Lipinski definition) is 2. The Labute approximate surface area is 56.9 Å². The number of aromatic nitrogens is 3. The largest absolute Gasteiger partial charge is 0.302 e. The van der Waals surface area contributed by atoms with E-state index in [0.717, 1.165) is 0 Å². The number of amides is 1. The summed E-state index contributed by atoms with van der Waals surface area (Å²) in [6.07, 6.45) is 6.03. The number of terminal acetylenes is 1. The van der Waals surface area contributed by atoms with E-state index in [1.165, 1.54) is 6.33 Å². The second-order valence-corrected chi connectivity index (χ2v) is 1.43. The predicted molar refractivity (Wildman–Crippen MR) is 33.8 cm³/mol. The van der Waals surface area contributed by atoms with Crippen LogP contribution in [0.2, 0.25) is 0 Å². The molecule has 0 aliphatic carbocycles. The van der Waals surface area contributed by atoms with Crippen LogP contribution in [-0.2, 0) is 4.79 Å².